The van der Waals surface area contributed by atoms with Crippen LogP contribution in [0.15, 0.2) is 18.5 Å². The van der Waals surface area contributed by atoms with E-state index in [0.29, 0.717) is 0 Å². The molecule has 0 saturated heterocycles. The number of rotatable bonds is 4. The quantitative estimate of drug-likeness (QED) is 0.923. The third-order valence-electron chi connectivity index (χ3n) is 2.87. The number of aryl methyl sites for hydroxylation is 1. The average molecular weight is 265 g/mol. The van der Waals surface area contributed by atoms with E-state index in [1.165, 1.54) is 0 Å². The topological polar surface area (TPSA) is 42.7 Å². The van der Waals surface area contributed by atoms with Crippen LogP contribution in [0.5, 0.6) is 0 Å². The van der Waals surface area contributed by atoms with Gasteiger partial charge in [0.1, 0.15) is 0 Å². The van der Waals surface area contributed by atoms with Crippen molar-refractivity contribution in [1.82, 2.24) is 20.1 Å². The highest BCUT2D eigenvalue weighted by Crippen LogP contribution is 2.23. The second kappa shape index (κ2) is 5.50. The number of halogens is 1. The van der Waals surface area contributed by atoms with E-state index in [0.717, 1.165) is 40.8 Å². The van der Waals surface area contributed by atoms with Gasteiger partial charge in [0.25, 0.3) is 0 Å². The van der Waals surface area contributed by atoms with Crippen molar-refractivity contribution in [3.05, 3.63) is 40.4 Å². The molecule has 0 radical (unpaired) electrons. The molecule has 0 amide bonds. The minimum Gasteiger partial charge on any atom is -0.313 e. The zero-order valence-electron chi connectivity index (χ0n) is 10.9. The average Bonchev–Trinajstić information content (AvgIpc) is 2.64. The van der Waals surface area contributed by atoms with Crippen molar-refractivity contribution in [2.75, 3.05) is 6.54 Å². The molecule has 2 rings (SSSR count). The molecule has 5 heteroatoms. The van der Waals surface area contributed by atoms with Gasteiger partial charge in [0.2, 0.25) is 0 Å². The van der Waals surface area contributed by atoms with Crippen LogP contribution >= 0.6 is 11.6 Å². The van der Waals surface area contributed by atoms with Gasteiger partial charge in [-0.05, 0) is 26.5 Å². The van der Waals surface area contributed by atoms with E-state index in [2.05, 4.69) is 22.3 Å². The van der Waals surface area contributed by atoms with E-state index in [1.807, 2.05) is 30.8 Å². The minimum absolute atomic E-state index is 0.723. The fraction of sp³-hybridized carbons (Fsp3) is 0.385. The van der Waals surface area contributed by atoms with E-state index in [9.17, 15) is 0 Å². The number of hydrogen-bond acceptors (Lipinski definition) is 3. The Kier molecular flexibility index (Phi) is 3.99. The van der Waals surface area contributed by atoms with Crippen molar-refractivity contribution in [3.63, 3.8) is 0 Å². The van der Waals surface area contributed by atoms with Crippen LogP contribution in [0.1, 0.15) is 23.9 Å². The summed E-state index contributed by atoms with van der Waals surface area (Å²) < 4.78 is 1.88. The fourth-order valence-electron chi connectivity index (χ4n) is 1.88. The molecular formula is C13H17ClN4. The second-order valence-corrected chi connectivity index (χ2v) is 4.56. The Morgan fingerprint density at radius 3 is 2.78 bits per heavy atom. The number of nitrogens with one attached hydrogen (secondary N) is 1. The zero-order valence-corrected chi connectivity index (χ0v) is 11.6. The van der Waals surface area contributed by atoms with Crippen LogP contribution in [0, 0.1) is 13.8 Å². The Balaban J connectivity index is 2.46. The summed E-state index contributed by atoms with van der Waals surface area (Å²) in [6, 6.07) is 1.96. The van der Waals surface area contributed by atoms with Gasteiger partial charge in [-0.2, -0.15) is 5.10 Å². The molecule has 2 aromatic rings. The molecule has 0 atom stereocenters. The first-order chi connectivity index (χ1) is 8.65. The normalized spacial score (nSPS) is 10.9. The third-order valence-corrected chi connectivity index (χ3v) is 3.42. The van der Waals surface area contributed by atoms with E-state index in [4.69, 9.17) is 11.6 Å². The van der Waals surface area contributed by atoms with E-state index in [-0.39, 0.29) is 0 Å². The molecule has 0 unspecified atom stereocenters. The van der Waals surface area contributed by atoms with Crippen LogP contribution in [0.25, 0.3) is 5.69 Å². The summed E-state index contributed by atoms with van der Waals surface area (Å²) >= 11 is 6.19. The SMILES string of the molecule is CCNCc1cnccc1-n1nc(C)c(Cl)c1C. The molecule has 2 heterocycles. The molecule has 0 fully saturated rings. The largest absolute Gasteiger partial charge is 0.313 e. The molecule has 1 N–H and O–H groups in total. The van der Waals surface area contributed by atoms with E-state index >= 15 is 0 Å². The molecule has 4 nitrogen and oxygen atoms in total. The summed E-state index contributed by atoms with van der Waals surface area (Å²) in [4.78, 5) is 4.17. The molecule has 0 aliphatic rings. The molecular weight excluding hydrogens is 248 g/mol. The molecule has 0 spiro atoms. The standard InChI is InChI=1S/C13H17ClN4/c1-4-15-7-11-8-16-6-5-12(11)18-10(3)13(14)9(2)17-18/h5-6,8,15H,4,7H2,1-3H3. The fourth-order valence-corrected chi connectivity index (χ4v) is 2.00. The first kappa shape index (κ1) is 13.1. The van der Waals surface area contributed by atoms with Crippen molar-refractivity contribution < 1.29 is 0 Å². The first-order valence-corrected chi connectivity index (χ1v) is 6.38. The molecule has 0 saturated carbocycles. The number of hydrogen-bond donors (Lipinski definition) is 1. The lowest BCUT2D eigenvalue weighted by atomic mass is 10.2. The van der Waals surface area contributed by atoms with Crippen LogP contribution in [-0.2, 0) is 6.54 Å². The van der Waals surface area contributed by atoms with Gasteiger partial charge in [-0.3, -0.25) is 4.98 Å². The molecule has 18 heavy (non-hydrogen) atoms. The number of nitrogens with zero attached hydrogens (tertiary/aromatic N) is 3. The van der Waals surface area contributed by atoms with E-state index < -0.39 is 0 Å². The first-order valence-electron chi connectivity index (χ1n) is 6.00. The van der Waals surface area contributed by atoms with Crippen molar-refractivity contribution in [2.24, 2.45) is 0 Å². The monoisotopic (exact) mass is 264 g/mol. The minimum atomic E-state index is 0.723. The van der Waals surface area contributed by atoms with Gasteiger partial charge in [0.05, 0.1) is 22.1 Å². The summed E-state index contributed by atoms with van der Waals surface area (Å²) in [5.41, 5.74) is 3.94. The molecule has 0 aliphatic heterocycles. The van der Waals surface area contributed by atoms with Crippen molar-refractivity contribution in [3.8, 4) is 5.69 Å². The number of pyridine rings is 1. The van der Waals surface area contributed by atoms with Crippen molar-refractivity contribution >= 4 is 11.6 Å². The summed E-state index contributed by atoms with van der Waals surface area (Å²) in [5.74, 6) is 0. The Morgan fingerprint density at radius 1 is 1.39 bits per heavy atom. The van der Waals surface area contributed by atoms with Crippen LogP contribution in [0.4, 0.5) is 0 Å². The number of aromatic nitrogens is 3. The van der Waals surface area contributed by atoms with Crippen LogP contribution < -0.4 is 5.32 Å². The van der Waals surface area contributed by atoms with Crippen LogP contribution in [0.3, 0.4) is 0 Å². The van der Waals surface area contributed by atoms with Crippen LogP contribution in [0.2, 0.25) is 5.02 Å². The summed E-state index contributed by atoms with van der Waals surface area (Å²) in [6.07, 6.45) is 3.64. The van der Waals surface area contributed by atoms with Crippen molar-refractivity contribution in [1.29, 1.82) is 0 Å². The van der Waals surface area contributed by atoms with Gasteiger partial charge in [-0.25, -0.2) is 4.68 Å². The Bertz CT molecular complexity index is 548. The molecule has 0 aliphatic carbocycles. The molecule has 96 valence electrons. The van der Waals surface area contributed by atoms with Gasteiger partial charge in [-0.15, -0.1) is 0 Å². The predicted molar refractivity (Wildman–Crippen MR) is 73.2 cm³/mol. The lowest BCUT2D eigenvalue weighted by Gasteiger charge is -2.10. The highest BCUT2D eigenvalue weighted by Gasteiger charge is 2.13. The Morgan fingerprint density at radius 2 is 2.17 bits per heavy atom. The van der Waals surface area contributed by atoms with Gasteiger partial charge in [0.15, 0.2) is 0 Å². The second-order valence-electron chi connectivity index (χ2n) is 4.18. The zero-order chi connectivity index (χ0) is 13.1. The maximum absolute atomic E-state index is 6.19. The summed E-state index contributed by atoms with van der Waals surface area (Å²) in [7, 11) is 0. The Hall–Kier alpha value is -1.39. The lowest BCUT2D eigenvalue weighted by Crippen LogP contribution is -2.15. The highest BCUT2D eigenvalue weighted by atomic mass is 35.5. The van der Waals surface area contributed by atoms with Crippen LogP contribution in [-0.4, -0.2) is 21.3 Å². The summed E-state index contributed by atoms with van der Waals surface area (Å²) in [6.45, 7) is 7.66. The molecule has 0 aromatic carbocycles. The maximum atomic E-state index is 6.19. The predicted octanol–water partition coefficient (Wildman–Crippen LogP) is 2.65. The maximum Gasteiger partial charge on any atom is 0.0848 e. The van der Waals surface area contributed by atoms with Gasteiger partial charge in [-0.1, -0.05) is 18.5 Å². The van der Waals surface area contributed by atoms with Gasteiger partial charge in [0, 0.05) is 24.5 Å². The van der Waals surface area contributed by atoms with E-state index in [1.54, 1.807) is 6.20 Å². The van der Waals surface area contributed by atoms with Gasteiger partial charge >= 0.3 is 0 Å². The summed E-state index contributed by atoms with van der Waals surface area (Å²) in [5, 5.41) is 8.50. The highest BCUT2D eigenvalue weighted by molar-refractivity contribution is 6.31. The van der Waals surface area contributed by atoms with Gasteiger partial charge < -0.3 is 5.32 Å². The third kappa shape index (κ3) is 2.40. The smallest absolute Gasteiger partial charge is 0.0848 e. The molecule has 0 bridgehead atoms. The molecule has 2 aromatic heterocycles. The lowest BCUT2D eigenvalue weighted by molar-refractivity contribution is 0.710. The van der Waals surface area contributed by atoms with Crippen molar-refractivity contribution in [2.45, 2.75) is 27.3 Å². The Labute approximate surface area is 112 Å².